The Balaban J connectivity index is 2.33. The molecule has 3 heteroatoms. The number of ether oxygens (including phenoxy) is 1. The van der Waals surface area contributed by atoms with Gasteiger partial charge in [0.1, 0.15) is 6.10 Å². The number of aliphatic carboxylic acids is 1. The summed E-state index contributed by atoms with van der Waals surface area (Å²) in [6.07, 6.45) is -0.745. The Morgan fingerprint density at radius 3 is 2.29 bits per heavy atom. The Bertz CT molecular complexity index is 99.1. The fourth-order valence-electron chi connectivity index (χ4n) is 0.433. The molecule has 0 unspecified atom stereocenters. The van der Waals surface area contributed by atoms with Gasteiger partial charge >= 0.3 is 0 Å². The monoisotopic (exact) mass is 101 g/mol. The molecule has 0 amide bonds. The van der Waals surface area contributed by atoms with Crippen LogP contribution in [0.25, 0.3) is 0 Å². The van der Waals surface area contributed by atoms with E-state index >= 15 is 0 Å². The van der Waals surface area contributed by atoms with E-state index in [1.165, 1.54) is 0 Å². The third kappa shape index (κ3) is 0.718. The lowest BCUT2D eigenvalue weighted by atomic mass is 10.4. The van der Waals surface area contributed by atoms with Gasteiger partial charge < -0.3 is 14.6 Å². The van der Waals surface area contributed by atoms with E-state index in [2.05, 4.69) is 4.74 Å². The Labute approximate surface area is 40.9 Å². The molecule has 0 radical (unpaired) electrons. The van der Waals surface area contributed by atoms with E-state index in [0.717, 1.165) is 0 Å². The van der Waals surface area contributed by atoms with E-state index < -0.39 is 12.1 Å². The number of carbonyl (C=O) groups excluding carboxylic acids is 1. The van der Waals surface area contributed by atoms with Crippen LogP contribution in [0.2, 0.25) is 0 Å². The van der Waals surface area contributed by atoms with Crippen LogP contribution in [0.1, 0.15) is 6.92 Å². The fraction of sp³-hybridized carbons (Fsp3) is 0.750. The highest BCUT2D eigenvalue weighted by atomic mass is 16.6. The third-order valence-electron chi connectivity index (χ3n) is 0.943. The molecule has 1 rings (SSSR count). The van der Waals surface area contributed by atoms with E-state index in [0.29, 0.717) is 0 Å². The molecule has 0 aromatic carbocycles. The number of carboxylic acids is 1. The fourth-order valence-corrected chi connectivity index (χ4v) is 0.433. The maximum absolute atomic E-state index is 9.74. The normalized spacial score (nSPS) is 37.9. The van der Waals surface area contributed by atoms with Gasteiger partial charge in [-0.15, -0.1) is 0 Å². The van der Waals surface area contributed by atoms with Gasteiger partial charge in [-0.25, -0.2) is 0 Å². The number of hydrogen-bond acceptors (Lipinski definition) is 3. The van der Waals surface area contributed by atoms with Gasteiger partial charge in [-0.1, -0.05) is 0 Å². The van der Waals surface area contributed by atoms with Crippen molar-refractivity contribution in [3.63, 3.8) is 0 Å². The van der Waals surface area contributed by atoms with E-state index in [-0.39, 0.29) is 6.10 Å². The first-order chi connectivity index (χ1) is 3.22. The first-order valence-corrected chi connectivity index (χ1v) is 2.08. The quantitative estimate of drug-likeness (QED) is 0.379. The first kappa shape index (κ1) is 4.59. The topological polar surface area (TPSA) is 52.7 Å². The molecule has 0 aromatic heterocycles. The molecule has 7 heavy (non-hydrogen) atoms. The molecule has 40 valence electrons. The molecule has 2 atom stereocenters. The van der Waals surface area contributed by atoms with Crippen molar-refractivity contribution in [1.29, 1.82) is 0 Å². The molecule has 1 heterocycles. The second-order valence-electron chi connectivity index (χ2n) is 1.58. The number of carboxylic acid groups (broad SMARTS) is 1. The van der Waals surface area contributed by atoms with E-state index in [1.807, 2.05) is 0 Å². The van der Waals surface area contributed by atoms with Gasteiger partial charge in [-0.2, -0.15) is 0 Å². The minimum atomic E-state index is -1.10. The highest BCUT2D eigenvalue weighted by Gasteiger charge is 2.35. The van der Waals surface area contributed by atoms with Gasteiger partial charge in [-0.3, -0.25) is 0 Å². The predicted octanol–water partition coefficient (Wildman–Crippen LogP) is -1.48. The second kappa shape index (κ2) is 1.20. The maximum Gasteiger partial charge on any atom is 0.123 e. The van der Waals surface area contributed by atoms with Crippen molar-refractivity contribution in [2.24, 2.45) is 0 Å². The van der Waals surface area contributed by atoms with Gasteiger partial charge in [0.15, 0.2) is 0 Å². The van der Waals surface area contributed by atoms with E-state index in [4.69, 9.17) is 0 Å². The predicted molar refractivity (Wildman–Crippen MR) is 19.3 cm³/mol. The van der Waals surface area contributed by atoms with Crippen LogP contribution >= 0.6 is 0 Å². The molecule has 0 bridgehead atoms. The van der Waals surface area contributed by atoms with Crippen molar-refractivity contribution in [2.75, 3.05) is 0 Å². The minimum Gasteiger partial charge on any atom is -0.547 e. The standard InChI is InChI=1S/C4H6O3/c1-2-3(7-2)4(5)6/h2-3H,1H3,(H,5,6)/p-1/t2-,3+/m0/s1. The zero-order chi connectivity index (χ0) is 5.44. The lowest BCUT2D eigenvalue weighted by molar-refractivity contribution is -0.307. The van der Waals surface area contributed by atoms with Crippen molar-refractivity contribution in [3.05, 3.63) is 0 Å². The third-order valence-corrected chi connectivity index (χ3v) is 0.943. The Hall–Kier alpha value is -0.570. The van der Waals surface area contributed by atoms with Gasteiger partial charge in [-0.05, 0) is 6.92 Å². The first-order valence-electron chi connectivity index (χ1n) is 2.08. The van der Waals surface area contributed by atoms with Gasteiger partial charge in [0.2, 0.25) is 0 Å². The van der Waals surface area contributed by atoms with Gasteiger partial charge in [0, 0.05) is 0 Å². The summed E-state index contributed by atoms with van der Waals surface area (Å²) < 4.78 is 4.52. The summed E-state index contributed by atoms with van der Waals surface area (Å²) in [5.41, 5.74) is 0. The summed E-state index contributed by atoms with van der Waals surface area (Å²) in [6, 6.07) is 0. The molecule has 0 spiro atoms. The molecule has 1 saturated heterocycles. The maximum atomic E-state index is 9.74. The van der Waals surface area contributed by atoms with Crippen LogP contribution in [0.4, 0.5) is 0 Å². The van der Waals surface area contributed by atoms with Crippen LogP contribution in [0.3, 0.4) is 0 Å². The lowest BCUT2D eigenvalue weighted by Crippen LogP contribution is -2.28. The van der Waals surface area contributed by atoms with Crippen molar-refractivity contribution in [1.82, 2.24) is 0 Å². The van der Waals surface area contributed by atoms with Gasteiger partial charge in [0.25, 0.3) is 0 Å². The van der Waals surface area contributed by atoms with Crippen LogP contribution in [-0.2, 0) is 9.53 Å². The van der Waals surface area contributed by atoms with Crippen LogP contribution in [0.15, 0.2) is 0 Å². The van der Waals surface area contributed by atoms with Crippen molar-refractivity contribution < 1.29 is 14.6 Å². The van der Waals surface area contributed by atoms with Crippen LogP contribution in [0.5, 0.6) is 0 Å². The molecule has 0 saturated carbocycles. The molecule has 0 aromatic rings. The number of epoxide rings is 1. The zero-order valence-electron chi connectivity index (χ0n) is 3.88. The molecule has 0 aliphatic carbocycles. The van der Waals surface area contributed by atoms with E-state index in [9.17, 15) is 9.90 Å². The molecule has 1 aliphatic rings. The largest absolute Gasteiger partial charge is 0.547 e. The average molecular weight is 101 g/mol. The molecule has 0 N–H and O–H groups in total. The molecule has 1 aliphatic heterocycles. The summed E-state index contributed by atoms with van der Waals surface area (Å²) in [5.74, 6) is -1.10. The Morgan fingerprint density at radius 2 is 2.29 bits per heavy atom. The SMILES string of the molecule is C[C@@H]1O[C@H]1C(=O)[O-]. The Morgan fingerprint density at radius 1 is 1.86 bits per heavy atom. The summed E-state index contributed by atoms with van der Waals surface area (Å²) in [6.45, 7) is 1.69. The summed E-state index contributed by atoms with van der Waals surface area (Å²) in [4.78, 5) is 9.74. The van der Waals surface area contributed by atoms with Crippen LogP contribution in [-0.4, -0.2) is 18.2 Å². The average Bonchev–Trinajstić information content (AvgIpc) is 2.17. The van der Waals surface area contributed by atoms with Crippen LogP contribution < -0.4 is 5.11 Å². The van der Waals surface area contributed by atoms with Gasteiger partial charge in [0.05, 0.1) is 12.1 Å². The molecule has 1 fully saturated rings. The summed E-state index contributed by atoms with van der Waals surface area (Å²) in [5, 5.41) is 9.74. The Kier molecular flexibility index (Phi) is 0.785. The smallest absolute Gasteiger partial charge is 0.123 e. The molecule has 3 nitrogen and oxygen atoms in total. The van der Waals surface area contributed by atoms with Crippen molar-refractivity contribution in [2.45, 2.75) is 19.1 Å². The number of hydrogen-bond donors (Lipinski definition) is 0. The van der Waals surface area contributed by atoms with E-state index in [1.54, 1.807) is 6.92 Å². The van der Waals surface area contributed by atoms with Crippen molar-refractivity contribution in [3.8, 4) is 0 Å². The van der Waals surface area contributed by atoms with Crippen molar-refractivity contribution >= 4 is 5.97 Å². The lowest BCUT2D eigenvalue weighted by Gasteiger charge is -1.88. The summed E-state index contributed by atoms with van der Waals surface area (Å²) >= 11 is 0. The second-order valence-corrected chi connectivity index (χ2v) is 1.58. The highest BCUT2D eigenvalue weighted by molar-refractivity contribution is 5.73. The van der Waals surface area contributed by atoms with Crippen LogP contribution in [0, 0.1) is 0 Å². The molecular weight excluding hydrogens is 96.0 g/mol. The number of rotatable bonds is 1. The summed E-state index contributed by atoms with van der Waals surface area (Å²) in [7, 11) is 0. The number of carbonyl (C=O) groups is 1. The highest BCUT2D eigenvalue weighted by Crippen LogP contribution is 2.19. The minimum absolute atomic E-state index is 0.120. The molecular formula is C4H5O3-. The zero-order valence-corrected chi connectivity index (χ0v) is 3.88.